The van der Waals surface area contributed by atoms with Crippen LogP contribution in [0.2, 0.25) is 0 Å². The molecular formula is C19H25NO. The van der Waals surface area contributed by atoms with Gasteiger partial charge in [-0.25, -0.2) is 0 Å². The molecule has 0 amide bonds. The molecule has 2 aromatic carbocycles. The van der Waals surface area contributed by atoms with E-state index in [1.165, 1.54) is 11.1 Å². The lowest BCUT2D eigenvalue weighted by atomic mass is 9.99. The summed E-state index contributed by atoms with van der Waals surface area (Å²) in [6, 6.07) is 16.4. The van der Waals surface area contributed by atoms with Gasteiger partial charge < -0.3 is 10.5 Å². The summed E-state index contributed by atoms with van der Waals surface area (Å²) in [4.78, 5) is 0. The Labute approximate surface area is 127 Å². The Kier molecular flexibility index (Phi) is 5.26. The van der Waals surface area contributed by atoms with Crippen molar-refractivity contribution in [1.29, 1.82) is 0 Å². The van der Waals surface area contributed by atoms with Crippen LogP contribution in [0.3, 0.4) is 0 Å². The molecule has 21 heavy (non-hydrogen) atoms. The fourth-order valence-corrected chi connectivity index (χ4v) is 2.44. The monoisotopic (exact) mass is 283 g/mol. The normalized spacial score (nSPS) is 12.4. The van der Waals surface area contributed by atoms with Gasteiger partial charge in [-0.1, -0.05) is 45.0 Å². The van der Waals surface area contributed by atoms with Gasteiger partial charge in [0.15, 0.2) is 0 Å². The number of nitrogen functional groups attached to an aromatic ring is 1. The summed E-state index contributed by atoms with van der Waals surface area (Å²) in [5, 5.41) is 0. The molecule has 0 saturated heterocycles. The molecule has 0 aromatic heterocycles. The van der Waals surface area contributed by atoms with E-state index in [1.54, 1.807) is 0 Å². The van der Waals surface area contributed by atoms with Gasteiger partial charge in [0.25, 0.3) is 0 Å². The third kappa shape index (κ3) is 4.52. The molecule has 0 radical (unpaired) electrons. The topological polar surface area (TPSA) is 35.2 Å². The van der Waals surface area contributed by atoms with E-state index in [1.807, 2.05) is 24.3 Å². The number of rotatable bonds is 6. The van der Waals surface area contributed by atoms with Crippen molar-refractivity contribution in [2.24, 2.45) is 5.92 Å². The van der Waals surface area contributed by atoms with Crippen molar-refractivity contribution >= 4 is 5.69 Å². The SMILES string of the molecule is CCC(Oc1ccc(N)cc1)c1ccc(CC(C)C)cc1. The zero-order chi connectivity index (χ0) is 15.2. The van der Waals surface area contributed by atoms with Gasteiger partial charge in [0.2, 0.25) is 0 Å². The van der Waals surface area contributed by atoms with Gasteiger partial charge in [0.05, 0.1) is 0 Å². The predicted octanol–water partition coefficient (Wildman–Crippen LogP) is 5.00. The van der Waals surface area contributed by atoms with Crippen LogP contribution >= 0.6 is 0 Å². The minimum absolute atomic E-state index is 0.0849. The largest absolute Gasteiger partial charge is 0.486 e. The summed E-state index contributed by atoms with van der Waals surface area (Å²) in [6.45, 7) is 6.63. The lowest BCUT2D eigenvalue weighted by Crippen LogP contribution is -2.06. The van der Waals surface area contributed by atoms with Crippen LogP contribution in [0.5, 0.6) is 5.75 Å². The first kappa shape index (κ1) is 15.4. The number of ether oxygens (including phenoxy) is 1. The molecule has 0 aliphatic rings. The fraction of sp³-hybridized carbons (Fsp3) is 0.368. The predicted molar refractivity (Wildman–Crippen MR) is 89.5 cm³/mol. The standard InChI is InChI=1S/C19H25NO/c1-4-19(21-18-11-9-17(20)10-12-18)16-7-5-15(6-8-16)13-14(2)3/h5-12,14,19H,4,13,20H2,1-3H3. The maximum atomic E-state index is 6.07. The van der Waals surface area contributed by atoms with Crippen molar-refractivity contribution in [1.82, 2.24) is 0 Å². The van der Waals surface area contributed by atoms with Crippen LogP contribution in [0.1, 0.15) is 44.4 Å². The second-order valence-corrected chi connectivity index (χ2v) is 5.92. The lowest BCUT2D eigenvalue weighted by molar-refractivity contribution is 0.201. The van der Waals surface area contributed by atoms with E-state index in [2.05, 4.69) is 45.0 Å². The van der Waals surface area contributed by atoms with E-state index in [0.717, 1.165) is 24.3 Å². The highest BCUT2D eigenvalue weighted by Gasteiger charge is 2.11. The molecule has 0 heterocycles. The van der Waals surface area contributed by atoms with E-state index >= 15 is 0 Å². The van der Waals surface area contributed by atoms with Gasteiger partial charge in [-0.2, -0.15) is 0 Å². The second-order valence-electron chi connectivity index (χ2n) is 5.92. The summed E-state index contributed by atoms with van der Waals surface area (Å²) in [7, 11) is 0. The Morgan fingerprint density at radius 3 is 2.10 bits per heavy atom. The highest BCUT2D eigenvalue weighted by molar-refractivity contribution is 5.41. The van der Waals surface area contributed by atoms with Crippen molar-refractivity contribution in [2.75, 3.05) is 5.73 Å². The first-order valence-corrected chi connectivity index (χ1v) is 7.69. The maximum absolute atomic E-state index is 6.07. The van der Waals surface area contributed by atoms with Crippen LogP contribution in [0, 0.1) is 5.92 Å². The Morgan fingerprint density at radius 2 is 1.57 bits per heavy atom. The van der Waals surface area contributed by atoms with E-state index in [0.29, 0.717) is 5.92 Å². The molecule has 0 fully saturated rings. The summed E-state index contributed by atoms with van der Waals surface area (Å²) in [6.07, 6.45) is 2.14. The van der Waals surface area contributed by atoms with Crippen LogP contribution in [0.25, 0.3) is 0 Å². The van der Waals surface area contributed by atoms with Gasteiger partial charge in [0.1, 0.15) is 11.9 Å². The molecule has 1 unspecified atom stereocenters. The number of hydrogen-bond donors (Lipinski definition) is 1. The fourth-order valence-electron chi connectivity index (χ4n) is 2.44. The minimum Gasteiger partial charge on any atom is -0.486 e. The molecule has 2 N–H and O–H groups in total. The van der Waals surface area contributed by atoms with Crippen LogP contribution in [-0.2, 0) is 6.42 Å². The van der Waals surface area contributed by atoms with E-state index in [-0.39, 0.29) is 6.10 Å². The summed E-state index contributed by atoms with van der Waals surface area (Å²) >= 11 is 0. The van der Waals surface area contributed by atoms with Crippen molar-refractivity contribution < 1.29 is 4.74 Å². The summed E-state index contributed by atoms with van der Waals surface area (Å²) in [5.74, 6) is 1.55. The average Bonchev–Trinajstić information content (AvgIpc) is 2.47. The Bertz CT molecular complexity index is 543. The summed E-state index contributed by atoms with van der Waals surface area (Å²) < 4.78 is 6.07. The molecule has 0 bridgehead atoms. The zero-order valence-electron chi connectivity index (χ0n) is 13.2. The zero-order valence-corrected chi connectivity index (χ0v) is 13.2. The Balaban J connectivity index is 2.08. The van der Waals surface area contributed by atoms with Gasteiger partial charge in [-0.3, -0.25) is 0 Å². The quantitative estimate of drug-likeness (QED) is 0.757. The lowest BCUT2D eigenvalue weighted by Gasteiger charge is -2.18. The van der Waals surface area contributed by atoms with Gasteiger partial charge in [0, 0.05) is 5.69 Å². The van der Waals surface area contributed by atoms with Crippen LogP contribution in [0.4, 0.5) is 5.69 Å². The van der Waals surface area contributed by atoms with Crippen LogP contribution in [0.15, 0.2) is 48.5 Å². The highest BCUT2D eigenvalue weighted by atomic mass is 16.5. The second kappa shape index (κ2) is 7.16. The molecule has 0 aliphatic heterocycles. The van der Waals surface area contributed by atoms with Gasteiger partial charge >= 0.3 is 0 Å². The third-order valence-corrected chi connectivity index (χ3v) is 3.52. The first-order valence-electron chi connectivity index (χ1n) is 7.69. The number of hydrogen-bond acceptors (Lipinski definition) is 2. The molecule has 2 rings (SSSR count). The van der Waals surface area contributed by atoms with Gasteiger partial charge in [-0.05, 0) is 54.2 Å². The summed E-state index contributed by atoms with van der Waals surface area (Å²) in [5.41, 5.74) is 9.07. The minimum atomic E-state index is 0.0849. The first-order chi connectivity index (χ1) is 10.1. The number of benzene rings is 2. The molecule has 112 valence electrons. The van der Waals surface area contributed by atoms with E-state index in [9.17, 15) is 0 Å². The van der Waals surface area contributed by atoms with Gasteiger partial charge in [-0.15, -0.1) is 0 Å². The smallest absolute Gasteiger partial charge is 0.123 e. The molecule has 0 spiro atoms. The highest BCUT2D eigenvalue weighted by Crippen LogP contribution is 2.26. The molecule has 0 aliphatic carbocycles. The Morgan fingerprint density at radius 1 is 0.952 bits per heavy atom. The van der Waals surface area contributed by atoms with Crippen molar-refractivity contribution in [3.63, 3.8) is 0 Å². The maximum Gasteiger partial charge on any atom is 0.123 e. The molecule has 2 aromatic rings. The van der Waals surface area contributed by atoms with Crippen molar-refractivity contribution in [3.05, 3.63) is 59.7 Å². The Hall–Kier alpha value is -1.96. The van der Waals surface area contributed by atoms with Crippen LogP contribution < -0.4 is 10.5 Å². The van der Waals surface area contributed by atoms with E-state index in [4.69, 9.17) is 10.5 Å². The molecule has 2 nitrogen and oxygen atoms in total. The molecule has 2 heteroatoms. The number of anilines is 1. The average molecular weight is 283 g/mol. The van der Waals surface area contributed by atoms with Crippen molar-refractivity contribution in [3.8, 4) is 5.75 Å². The molecular weight excluding hydrogens is 258 g/mol. The molecule has 1 atom stereocenters. The van der Waals surface area contributed by atoms with Crippen LogP contribution in [-0.4, -0.2) is 0 Å². The van der Waals surface area contributed by atoms with E-state index < -0.39 is 0 Å². The van der Waals surface area contributed by atoms with Crippen molar-refractivity contribution in [2.45, 2.75) is 39.7 Å². The number of nitrogens with two attached hydrogens (primary N) is 1. The third-order valence-electron chi connectivity index (χ3n) is 3.52. The molecule has 0 saturated carbocycles.